The number of hydrogen-bond acceptors (Lipinski definition) is 3. The normalized spacial score (nSPS) is 22.4. The van der Waals surface area contributed by atoms with Gasteiger partial charge in [0.25, 0.3) is 5.91 Å². The molecule has 0 aromatic heterocycles. The van der Waals surface area contributed by atoms with Crippen LogP contribution in [0, 0.1) is 11.8 Å². The Balaban J connectivity index is 1.85. The van der Waals surface area contributed by atoms with E-state index in [1.165, 1.54) is 44.2 Å². The average molecular weight is 276 g/mol. The number of carbonyl (C=O) groups excluding carboxylic acids is 1. The van der Waals surface area contributed by atoms with E-state index in [-0.39, 0.29) is 11.7 Å². The molecule has 0 aliphatic heterocycles. The number of benzene rings is 1. The summed E-state index contributed by atoms with van der Waals surface area (Å²) in [6.45, 7) is 2.95. The molecule has 20 heavy (non-hydrogen) atoms. The van der Waals surface area contributed by atoms with Crippen LogP contribution in [0.15, 0.2) is 18.2 Å². The zero-order valence-corrected chi connectivity index (χ0v) is 12.1. The number of rotatable bonds is 4. The maximum Gasteiger partial charge on any atom is 0.253 e. The Morgan fingerprint density at radius 3 is 2.60 bits per heavy atom. The first-order valence-electron chi connectivity index (χ1n) is 7.46. The van der Waals surface area contributed by atoms with Crippen molar-refractivity contribution >= 4 is 11.6 Å². The van der Waals surface area contributed by atoms with Gasteiger partial charge in [-0.1, -0.05) is 26.2 Å². The number of phenolic OH excluding ortho intramolecular Hbond substituents is 1. The first-order chi connectivity index (χ1) is 9.60. The van der Waals surface area contributed by atoms with Crippen LogP contribution in [-0.2, 0) is 0 Å². The van der Waals surface area contributed by atoms with Gasteiger partial charge in [-0.3, -0.25) is 4.79 Å². The Bertz CT molecular complexity index is 466. The predicted molar refractivity (Wildman–Crippen MR) is 80.6 cm³/mol. The van der Waals surface area contributed by atoms with Crippen LogP contribution >= 0.6 is 0 Å². The molecular formula is C16H24N2O2. The Labute approximate surface area is 120 Å². The Morgan fingerprint density at radius 1 is 1.30 bits per heavy atom. The third-order valence-electron chi connectivity index (χ3n) is 4.38. The van der Waals surface area contributed by atoms with Crippen LogP contribution in [0.1, 0.15) is 49.4 Å². The van der Waals surface area contributed by atoms with E-state index in [2.05, 4.69) is 12.2 Å². The van der Waals surface area contributed by atoms with Gasteiger partial charge in [0.05, 0.1) is 5.56 Å². The van der Waals surface area contributed by atoms with Crippen molar-refractivity contribution < 1.29 is 9.90 Å². The van der Waals surface area contributed by atoms with E-state index in [9.17, 15) is 9.90 Å². The summed E-state index contributed by atoms with van der Waals surface area (Å²) in [5, 5.41) is 12.4. The molecule has 2 rings (SSSR count). The molecule has 0 spiro atoms. The number of amides is 1. The van der Waals surface area contributed by atoms with Crippen LogP contribution in [0.2, 0.25) is 0 Å². The molecule has 0 bridgehead atoms. The van der Waals surface area contributed by atoms with Crippen LogP contribution in [0.4, 0.5) is 5.69 Å². The molecule has 1 amide bonds. The van der Waals surface area contributed by atoms with Crippen LogP contribution in [0.5, 0.6) is 5.75 Å². The number of carbonyl (C=O) groups is 1. The highest BCUT2D eigenvalue weighted by atomic mass is 16.3. The second kappa shape index (κ2) is 6.64. The Morgan fingerprint density at radius 2 is 1.95 bits per heavy atom. The lowest BCUT2D eigenvalue weighted by Crippen LogP contribution is -2.31. The van der Waals surface area contributed by atoms with Crippen LogP contribution in [0.3, 0.4) is 0 Å². The van der Waals surface area contributed by atoms with E-state index < -0.39 is 0 Å². The van der Waals surface area contributed by atoms with E-state index in [1.807, 2.05) is 0 Å². The molecule has 1 saturated carbocycles. The summed E-state index contributed by atoms with van der Waals surface area (Å²) in [5.41, 5.74) is 6.52. The van der Waals surface area contributed by atoms with Crippen LogP contribution in [0.25, 0.3) is 0 Å². The maximum atomic E-state index is 12.1. The van der Waals surface area contributed by atoms with Crippen molar-refractivity contribution in [2.75, 3.05) is 12.3 Å². The number of nitrogen functional groups attached to an aromatic ring is 1. The summed E-state index contributed by atoms with van der Waals surface area (Å²) in [5.74, 6) is 1.30. The van der Waals surface area contributed by atoms with Crippen LogP contribution < -0.4 is 11.1 Å². The minimum atomic E-state index is -0.198. The minimum absolute atomic E-state index is 0.0628. The maximum absolute atomic E-state index is 12.1. The van der Waals surface area contributed by atoms with Crippen LogP contribution in [-0.4, -0.2) is 17.6 Å². The molecule has 1 fully saturated rings. The van der Waals surface area contributed by atoms with Crippen molar-refractivity contribution in [2.45, 2.75) is 39.0 Å². The van der Waals surface area contributed by atoms with Gasteiger partial charge in [0.1, 0.15) is 5.75 Å². The smallest absolute Gasteiger partial charge is 0.253 e. The van der Waals surface area contributed by atoms with Crippen molar-refractivity contribution in [3.8, 4) is 5.75 Å². The topological polar surface area (TPSA) is 75.3 Å². The highest BCUT2D eigenvalue weighted by Crippen LogP contribution is 2.30. The first-order valence-corrected chi connectivity index (χ1v) is 7.46. The number of hydrogen-bond donors (Lipinski definition) is 3. The third kappa shape index (κ3) is 3.65. The van der Waals surface area contributed by atoms with Crippen molar-refractivity contribution in [2.24, 2.45) is 11.8 Å². The molecular weight excluding hydrogens is 252 g/mol. The molecule has 4 heteroatoms. The predicted octanol–water partition coefficient (Wildman–Crippen LogP) is 2.92. The number of anilines is 1. The second-order valence-electron chi connectivity index (χ2n) is 5.78. The Hall–Kier alpha value is -1.71. The highest BCUT2D eigenvalue weighted by Gasteiger charge is 2.20. The van der Waals surface area contributed by atoms with E-state index in [0.29, 0.717) is 23.7 Å². The number of phenols is 1. The highest BCUT2D eigenvalue weighted by molar-refractivity contribution is 5.99. The molecule has 0 heterocycles. The van der Waals surface area contributed by atoms with Gasteiger partial charge < -0.3 is 16.2 Å². The SMILES string of the molecule is CCC1CCC(CNC(=O)c2cc(O)ccc2N)CC1. The van der Waals surface area contributed by atoms with Crippen molar-refractivity contribution in [3.05, 3.63) is 23.8 Å². The fourth-order valence-corrected chi connectivity index (χ4v) is 2.92. The van der Waals surface area contributed by atoms with E-state index in [0.717, 1.165) is 5.92 Å². The number of nitrogens with two attached hydrogens (primary N) is 1. The largest absolute Gasteiger partial charge is 0.508 e. The molecule has 1 aromatic carbocycles. The summed E-state index contributed by atoms with van der Waals surface area (Å²) >= 11 is 0. The van der Waals surface area contributed by atoms with Crippen molar-refractivity contribution in [1.29, 1.82) is 0 Å². The van der Waals surface area contributed by atoms with E-state index in [1.54, 1.807) is 6.07 Å². The van der Waals surface area contributed by atoms with Gasteiger partial charge in [0, 0.05) is 12.2 Å². The molecule has 0 atom stereocenters. The van der Waals surface area contributed by atoms with Gasteiger partial charge in [-0.2, -0.15) is 0 Å². The fraction of sp³-hybridized carbons (Fsp3) is 0.562. The van der Waals surface area contributed by atoms with Gasteiger partial charge in [-0.05, 0) is 42.9 Å². The summed E-state index contributed by atoms with van der Waals surface area (Å²) < 4.78 is 0. The zero-order chi connectivity index (χ0) is 14.5. The van der Waals surface area contributed by atoms with E-state index in [4.69, 9.17) is 5.73 Å². The zero-order valence-electron chi connectivity index (χ0n) is 12.1. The fourth-order valence-electron chi connectivity index (χ4n) is 2.92. The molecule has 110 valence electrons. The quantitative estimate of drug-likeness (QED) is 0.584. The standard InChI is InChI=1S/C16H24N2O2/c1-2-11-3-5-12(6-4-11)10-18-16(20)14-9-13(19)7-8-15(14)17/h7-9,11-12,19H,2-6,10,17H2,1H3,(H,18,20). The molecule has 4 N–H and O–H groups in total. The molecule has 0 saturated heterocycles. The lowest BCUT2D eigenvalue weighted by Gasteiger charge is -2.27. The van der Waals surface area contributed by atoms with Gasteiger partial charge >= 0.3 is 0 Å². The minimum Gasteiger partial charge on any atom is -0.508 e. The van der Waals surface area contributed by atoms with Crippen molar-refractivity contribution in [3.63, 3.8) is 0 Å². The first kappa shape index (κ1) is 14.7. The second-order valence-corrected chi connectivity index (χ2v) is 5.78. The molecule has 1 aromatic rings. The lowest BCUT2D eigenvalue weighted by atomic mass is 9.81. The van der Waals surface area contributed by atoms with Gasteiger partial charge in [-0.15, -0.1) is 0 Å². The molecule has 0 unspecified atom stereocenters. The number of nitrogens with one attached hydrogen (secondary N) is 1. The summed E-state index contributed by atoms with van der Waals surface area (Å²) in [6.07, 6.45) is 6.18. The molecule has 4 nitrogen and oxygen atoms in total. The Kier molecular flexibility index (Phi) is 4.88. The molecule has 0 radical (unpaired) electrons. The number of aromatic hydroxyl groups is 1. The summed E-state index contributed by atoms with van der Waals surface area (Å²) in [7, 11) is 0. The molecule has 1 aliphatic rings. The van der Waals surface area contributed by atoms with Gasteiger partial charge in [0.2, 0.25) is 0 Å². The van der Waals surface area contributed by atoms with Crippen molar-refractivity contribution in [1.82, 2.24) is 5.32 Å². The van der Waals surface area contributed by atoms with Gasteiger partial charge in [-0.25, -0.2) is 0 Å². The summed E-state index contributed by atoms with van der Waals surface area (Å²) in [4.78, 5) is 12.1. The van der Waals surface area contributed by atoms with Gasteiger partial charge in [0.15, 0.2) is 0 Å². The average Bonchev–Trinajstić information content (AvgIpc) is 2.47. The summed E-state index contributed by atoms with van der Waals surface area (Å²) in [6, 6.07) is 4.45. The lowest BCUT2D eigenvalue weighted by molar-refractivity contribution is 0.0941. The van der Waals surface area contributed by atoms with E-state index >= 15 is 0 Å². The molecule has 1 aliphatic carbocycles. The third-order valence-corrected chi connectivity index (χ3v) is 4.38. The monoisotopic (exact) mass is 276 g/mol.